The van der Waals surface area contributed by atoms with E-state index in [0.717, 1.165) is 35.7 Å². The normalized spacial score (nSPS) is 12.9. The van der Waals surface area contributed by atoms with Gasteiger partial charge in [-0.25, -0.2) is 0 Å². The summed E-state index contributed by atoms with van der Waals surface area (Å²) in [6.45, 7) is 4.46. The highest BCUT2D eigenvalue weighted by Crippen LogP contribution is 2.33. The van der Waals surface area contributed by atoms with Crippen molar-refractivity contribution >= 4 is 11.6 Å². The number of para-hydroxylation sites is 2. The highest BCUT2D eigenvalue weighted by molar-refractivity contribution is 5.77. The van der Waals surface area contributed by atoms with Gasteiger partial charge in [-0.05, 0) is 48.7 Å². The van der Waals surface area contributed by atoms with Crippen molar-refractivity contribution in [2.75, 3.05) is 39.2 Å². The second-order valence-corrected chi connectivity index (χ2v) is 6.65. The Bertz CT molecular complexity index is 822. The number of hydrogen-bond donors (Lipinski definition) is 1. The van der Waals surface area contributed by atoms with Gasteiger partial charge in [0.2, 0.25) is 5.91 Å². The Morgan fingerprint density at radius 3 is 2.50 bits per heavy atom. The van der Waals surface area contributed by atoms with Crippen LogP contribution in [0.1, 0.15) is 24.5 Å². The molecule has 3 rings (SSSR count). The summed E-state index contributed by atoms with van der Waals surface area (Å²) in [6.07, 6.45) is 1.26. The highest BCUT2D eigenvalue weighted by atomic mass is 16.5. The lowest BCUT2D eigenvalue weighted by Crippen LogP contribution is -2.36. The average molecular weight is 384 g/mol. The van der Waals surface area contributed by atoms with E-state index in [1.54, 1.807) is 14.2 Å². The van der Waals surface area contributed by atoms with Crippen LogP contribution in [0.2, 0.25) is 0 Å². The van der Waals surface area contributed by atoms with Crippen LogP contribution in [0, 0.1) is 0 Å². The smallest absolute Gasteiger partial charge is 0.224 e. The van der Waals surface area contributed by atoms with Crippen molar-refractivity contribution in [3.63, 3.8) is 0 Å². The number of benzene rings is 2. The highest BCUT2D eigenvalue weighted by Gasteiger charge is 2.22. The minimum atomic E-state index is 0.141. The number of carbonyl (C=O) groups is 1. The van der Waals surface area contributed by atoms with Crippen LogP contribution in [-0.2, 0) is 17.8 Å². The molecule has 6 nitrogen and oxygen atoms in total. The maximum absolute atomic E-state index is 12.7. The van der Waals surface area contributed by atoms with Crippen LogP contribution in [0.4, 0.5) is 5.69 Å². The SMILES string of the molecule is CCOc1ccccc1NCCC(=O)N1CCc2cc(OC)c(OC)cc2C1. The molecule has 0 aromatic heterocycles. The average Bonchev–Trinajstić information content (AvgIpc) is 2.73. The molecule has 2 aromatic carbocycles. The molecular weight excluding hydrogens is 356 g/mol. The number of amides is 1. The van der Waals surface area contributed by atoms with Gasteiger partial charge in [-0.15, -0.1) is 0 Å². The fourth-order valence-corrected chi connectivity index (χ4v) is 3.45. The fourth-order valence-electron chi connectivity index (χ4n) is 3.45. The maximum Gasteiger partial charge on any atom is 0.224 e. The fraction of sp³-hybridized carbons (Fsp3) is 0.409. The van der Waals surface area contributed by atoms with E-state index in [-0.39, 0.29) is 5.91 Å². The predicted octanol–water partition coefficient (Wildman–Crippen LogP) is 3.49. The van der Waals surface area contributed by atoms with E-state index in [0.29, 0.717) is 31.9 Å². The molecule has 150 valence electrons. The maximum atomic E-state index is 12.7. The summed E-state index contributed by atoms with van der Waals surface area (Å²) in [5.41, 5.74) is 3.25. The Morgan fingerprint density at radius 2 is 1.79 bits per heavy atom. The molecule has 0 fully saturated rings. The van der Waals surface area contributed by atoms with Gasteiger partial charge in [-0.2, -0.15) is 0 Å². The molecule has 0 atom stereocenters. The molecule has 0 saturated carbocycles. The van der Waals surface area contributed by atoms with Gasteiger partial charge in [0.15, 0.2) is 11.5 Å². The van der Waals surface area contributed by atoms with E-state index in [1.165, 1.54) is 5.56 Å². The van der Waals surface area contributed by atoms with Crippen molar-refractivity contribution in [2.24, 2.45) is 0 Å². The van der Waals surface area contributed by atoms with Gasteiger partial charge in [-0.3, -0.25) is 4.79 Å². The number of nitrogens with zero attached hydrogens (tertiary/aromatic N) is 1. The molecule has 1 heterocycles. The van der Waals surface area contributed by atoms with Gasteiger partial charge < -0.3 is 24.4 Å². The molecule has 1 aliphatic heterocycles. The van der Waals surface area contributed by atoms with Crippen molar-refractivity contribution in [2.45, 2.75) is 26.3 Å². The lowest BCUT2D eigenvalue weighted by atomic mass is 9.98. The number of nitrogens with one attached hydrogen (secondary N) is 1. The lowest BCUT2D eigenvalue weighted by molar-refractivity contribution is -0.131. The topological polar surface area (TPSA) is 60.0 Å². The monoisotopic (exact) mass is 384 g/mol. The summed E-state index contributed by atoms with van der Waals surface area (Å²) < 4.78 is 16.4. The van der Waals surface area contributed by atoms with Crippen LogP contribution in [0.3, 0.4) is 0 Å². The first-order chi connectivity index (χ1) is 13.7. The number of ether oxygens (including phenoxy) is 3. The summed E-state index contributed by atoms with van der Waals surface area (Å²) >= 11 is 0. The molecule has 2 aromatic rings. The van der Waals surface area contributed by atoms with Crippen molar-refractivity contribution in [3.05, 3.63) is 47.5 Å². The third-order valence-corrected chi connectivity index (χ3v) is 4.91. The van der Waals surface area contributed by atoms with Crippen LogP contribution in [0.15, 0.2) is 36.4 Å². The summed E-state index contributed by atoms with van der Waals surface area (Å²) in [6, 6.07) is 11.8. The number of carbonyl (C=O) groups excluding carboxylic acids is 1. The van der Waals surface area contributed by atoms with Crippen molar-refractivity contribution in [1.82, 2.24) is 4.90 Å². The van der Waals surface area contributed by atoms with E-state index in [1.807, 2.05) is 48.2 Å². The van der Waals surface area contributed by atoms with Crippen molar-refractivity contribution in [3.8, 4) is 17.2 Å². The number of methoxy groups -OCH3 is 2. The van der Waals surface area contributed by atoms with Gasteiger partial charge in [-0.1, -0.05) is 12.1 Å². The minimum absolute atomic E-state index is 0.141. The second-order valence-electron chi connectivity index (χ2n) is 6.65. The summed E-state index contributed by atoms with van der Waals surface area (Å²) in [7, 11) is 3.27. The molecule has 1 aliphatic rings. The number of hydrogen-bond acceptors (Lipinski definition) is 5. The van der Waals surface area contributed by atoms with Gasteiger partial charge in [0.25, 0.3) is 0 Å². The van der Waals surface area contributed by atoms with Crippen LogP contribution >= 0.6 is 0 Å². The number of rotatable bonds is 8. The van der Waals surface area contributed by atoms with Crippen molar-refractivity contribution in [1.29, 1.82) is 0 Å². The summed E-state index contributed by atoms with van der Waals surface area (Å²) in [5.74, 6) is 2.38. The van der Waals surface area contributed by atoms with Crippen molar-refractivity contribution < 1.29 is 19.0 Å². The number of anilines is 1. The van der Waals surface area contributed by atoms with E-state index in [4.69, 9.17) is 14.2 Å². The quantitative estimate of drug-likeness (QED) is 0.755. The van der Waals surface area contributed by atoms with E-state index in [9.17, 15) is 4.79 Å². The zero-order valence-electron chi connectivity index (χ0n) is 16.8. The Labute approximate surface area is 166 Å². The second kappa shape index (κ2) is 9.35. The summed E-state index contributed by atoms with van der Waals surface area (Å²) in [4.78, 5) is 14.6. The molecule has 0 saturated heterocycles. The molecule has 0 unspecified atom stereocenters. The molecular formula is C22H28N2O4. The zero-order chi connectivity index (χ0) is 19.9. The Hall–Kier alpha value is -2.89. The molecule has 1 amide bonds. The molecule has 0 radical (unpaired) electrons. The van der Waals surface area contributed by atoms with Gasteiger partial charge in [0.1, 0.15) is 5.75 Å². The third kappa shape index (κ3) is 4.50. The standard InChI is InChI=1S/C22H28N2O4/c1-4-28-19-8-6-5-7-18(19)23-11-9-22(25)24-12-10-16-13-20(26-2)21(27-3)14-17(16)15-24/h5-8,13-14,23H,4,9-12,15H2,1-3H3. The zero-order valence-corrected chi connectivity index (χ0v) is 16.8. The van der Waals surface area contributed by atoms with Gasteiger partial charge in [0.05, 0.1) is 26.5 Å². The van der Waals surface area contributed by atoms with Crippen LogP contribution in [0.5, 0.6) is 17.2 Å². The molecule has 0 spiro atoms. The van der Waals surface area contributed by atoms with E-state index in [2.05, 4.69) is 5.32 Å². The first-order valence-electron chi connectivity index (χ1n) is 9.63. The van der Waals surface area contributed by atoms with Gasteiger partial charge >= 0.3 is 0 Å². The van der Waals surface area contributed by atoms with E-state index < -0.39 is 0 Å². The van der Waals surface area contributed by atoms with Crippen LogP contribution in [0.25, 0.3) is 0 Å². The largest absolute Gasteiger partial charge is 0.493 e. The minimum Gasteiger partial charge on any atom is -0.493 e. The van der Waals surface area contributed by atoms with E-state index >= 15 is 0 Å². The molecule has 28 heavy (non-hydrogen) atoms. The number of fused-ring (bicyclic) bond motifs is 1. The Balaban J connectivity index is 1.58. The Morgan fingerprint density at radius 1 is 1.07 bits per heavy atom. The van der Waals surface area contributed by atoms with Gasteiger partial charge in [0, 0.05) is 26.1 Å². The molecule has 1 N–H and O–H groups in total. The predicted molar refractivity (Wildman–Crippen MR) is 109 cm³/mol. The molecule has 0 aliphatic carbocycles. The molecule has 0 bridgehead atoms. The lowest BCUT2D eigenvalue weighted by Gasteiger charge is -2.30. The third-order valence-electron chi connectivity index (χ3n) is 4.91. The molecule has 6 heteroatoms. The Kier molecular flexibility index (Phi) is 6.63. The summed E-state index contributed by atoms with van der Waals surface area (Å²) in [5, 5.41) is 3.31. The first kappa shape index (κ1) is 19.9. The van der Waals surface area contributed by atoms with Crippen LogP contribution < -0.4 is 19.5 Å². The van der Waals surface area contributed by atoms with Crippen LogP contribution in [-0.4, -0.2) is 44.7 Å². The first-order valence-corrected chi connectivity index (χ1v) is 9.63.